The molecule has 0 radical (unpaired) electrons. The summed E-state index contributed by atoms with van der Waals surface area (Å²) in [6, 6.07) is 0. The Labute approximate surface area is 113 Å². The van der Waals surface area contributed by atoms with Crippen molar-refractivity contribution in [3.63, 3.8) is 0 Å². The van der Waals surface area contributed by atoms with Gasteiger partial charge in [0, 0.05) is 0 Å². The van der Waals surface area contributed by atoms with Gasteiger partial charge in [0.15, 0.2) is 0 Å². The van der Waals surface area contributed by atoms with Crippen LogP contribution in [-0.4, -0.2) is 51.8 Å². The van der Waals surface area contributed by atoms with Crippen LogP contribution >= 0.6 is 0 Å². The molecule has 0 fully saturated rings. The van der Waals surface area contributed by atoms with Crippen molar-refractivity contribution >= 4 is 0 Å². The first-order valence-electron chi connectivity index (χ1n) is 6.51. The van der Waals surface area contributed by atoms with Gasteiger partial charge in [-0.15, -0.1) is 0 Å². The van der Waals surface area contributed by atoms with Crippen LogP contribution in [0.4, 0.5) is 0 Å². The largest absolute Gasteiger partial charge is 0.496 e. The van der Waals surface area contributed by atoms with Crippen molar-refractivity contribution in [1.82, 2.24) is 0 Å². The number of rotatable bonds is 0. The molecule has 0 saturated carbocycles. The van der Waals surface area contributed by atoms with E-state index in [1.165, 1.54) is 6.26 Å². The van der Waals surface area contributed by atoms with E-state index in [0.29, 0.717) is 39.6 Å². The molecule has 0 bridgehead atoms. The summed E-state index contributed by atoms with van der Waals surface area (Å²) in [4.78, 5) is 0. The number of allylic oxidation sites excluding steroid dienone is 2. The Morgan fingerprint density at radius 3 is 2.21 bits per heavy atom. The molecule has 0 amide bonds. The summed E-state index contributed by atoms with van der Waals surface area (Å²) in [5.74, 6) is 0. The monoisotopic (exact) mass is 268 g/mol. The van der Waals surface area contributed by atoms with Gasteiger partial charge in [0.1, 0.15) is 31.3 Å². The van der Waals surface area contributed by atoms with Crippen molar-refractivity contribution < 1.29 is 23.7 Å². The van der Waals surface area contributed by atoms with E-state index < -0.39 is 0 Å². The molecule has 0 spiro atoms. The van der Waals surface area contributed by atoms with Gasteiger partial charge in [0.25, 0.3) is 0 Å². The fraction of sp³-hybridized carbons (Fsp3) is 0.571. The Hall–Kier alpha value is -1.30. The van der Waals surface area contributed by atoms with Crippen LogP contribution in [0.15, 0.2) is 36.8 Å². The lowest BCUT2D eigenvalue weighted by Gasteiger charge is -2.23. The highest BCUT2D eigenvalue weighted by Gasteiger charge is 2.19. The molecule has 2 rings (SSSR count). The standard InChI is InChI=1S/C14H20O5/c1-2-4-14-13(3-1)18-11-9-16-7-5-15-6-8-17-10-12-19-14/h1-4,9,11,13-14H,5-8,10,12H2. The maximum Gasteiger partial charge on any atom is 0.146 e. The molecule has 106 valence electrons. The van der Waals surface area contributed by atoms with Crippen LogP contribution in [0.1, 0.15) is 0 Å². The first-order valence-corrected chi connectivity index (χ1v) is 6.51. The molecule has 0 aromatic heterocycles. The second-order valence-corrected chi connectivity index (χ2v) is 4.07. The first kappa shape index (κ1) is 14.1. The van der Waals surface area contributed by atoms with Crippen LogP contribution in [0.25, 0.3) is 0 Å². The van der Waals surface area contributed by atoms with Crippen LogP contribution in [-0.2, 0) is 23.7 Å². The quantitative estimate of drug-likeness (QED) is 0.665. The Bertz CT molecular complexity index is 324. The summed E-state index contributed by atoms with van der Waals surface area (Å²) in [5, 5.41) is 0. The van der Waals surface area contributed by atoms with Crippen molar-refractivity contribution in [2.75, 3.05) is 39.6 Å². The minimum Gasteiger partial charge on any atom is -0.496 e. The molecule has 19 heavy (non-hydrogen) atoms. The number of hydrogen-bond donors (Lipinski definition) is 0. The molecule has 0 saturated heterocycles. The van der Waals surface area contributed by atoms with Crippen molar-refractivity contribution in [3.05, 3.63) is 36.8 Å². The zero-order valence-corrected chi connectivity index (χ0v) is 10.9. The predicted octanol–water partition coefficient (Wildman–Crippen LogP) is 1.42. The lowest BCUT2D eigenvalue weighted by atomic mass is 10.1. The third kappa shape index (κ3) is 5.46. The van der Waals surface area contributed by atoms with E-state index in [9.17, 15) is 0 Å². The van der Waals surface area contributed by atoms with Crippen molar-refractivity contribution in [3.8, 4) is 0 Å². The van der Waals surface area contributed by atoms with Gasteiger partial charge in [-0.3, -0.25) is 0 Å². The lowest BCUT2D eigenvalue weighted by molar-refractivity contribution is -0.0305. The van der Waals surface area contributed by atoms with Gasteiger partial charge in [-0.05, 0) is 6.08 Å². The van der Waals surface area contributed by atoms with Gasteiger partial charge >= 0.3 is 0 Å². The zero-order valence-electron chi connectivity index (χ0n) is 10.9. The Morgan fingerprint density at radius 1 is 0.684 bits per heavy atom. The number of ether oxygens (including phenoxy) is 5. The second-order valence-electron chi connectivity index (χ2n) is 4.07. The van der Waals surface area contributed by atoms with E-state index in [4.69, 9.17) is 23.7 Å². The zero-order chi connectivity index (χ0) is 13.2. The summed E-state index contributed by atoms with van der Waals surface area (Å²) in [6.07, 6.45) is 10.7. The van der Waals surface area contributed by atoms with Gasteiger partial charge in [-0.2, -0.15) is 0 Å². The van der Waals surface area contributed by atoms with E-state index in [2.05, 4.69) is 0 Å². The molecular formula is C14H20O5. The first-order chi connectivity index (χ1) is 9.47. The predicted molar refractivity (Wildman–Crippen MR) is 69.6 cm³/mol. The van der Waals surface area contributed by atoms with E-state index in [1.54, 1.807) is 6.26 Å². The minimum atomic E-state index is -0.133. The van der Waals surface area contributed by atoms with Crippen LogP contribution in [0.2, 0.25) is 0 Å². The molecule has 0 N–H and O–H groups in total. The SMILES string of the molecule is C1=CC2OC=COCCOCCOCCOC2C=C1. The number of hydrogen-bond acceptors (Lipinski definition) is 5. The molecule has 1 aliphatic heterocycles. The van der Waals surface area contributed by atoms with Gasteiger partial charge in [0.05, 0.1) is 33.0 Å². The van der Waals surface area contributed by atoms with Crippen LogP contribution in [0.3, 0.4) is 0 Å². The molecule has 2 unspecified atom stereocenters. The summed E-state index contributed by atoms with van der Waals surface area (Å²) < 4.78 is 27.2. The molecule has 1 aliphatic carbocycles. The van der Waals surface area contributed by atoms with E-state index in [-0.39, 0.29) is 12.2 Å². The van der Waals surface area contributed by atoms with E-state index >= 15 is 0 Å². The third-order valence-electron chi connectivity index (χ3n) is 2.68. The van der Waals surface area contributed by atoms with Crippen LogP contribution in [0.5, 0.6) is 0 Å². The maximum absolute atomic E-state index is 5.72. The second kappa shape index (κ2) is 8.74. The van der Waals surface area contributed by atoms with Gasteiger partial charge in [0.2, 0.25) is 0 Å². The molecule has 1 heterocycles. The third-order valence-corrected chi connectivity index (χ3v) is 2.68. The highest BCUT2D eigenvalue weighted by molar-refractivity contribution is 5.17. The lowest BCUT2D eigenvalue weighted by Crippen LogP contribution is -2.29. The van der Waals surface area contributed by atoms with E-state index in [0.717, 1.165) is 0 Å². The summed E-state index contributed by atoms with van der Waals surface area (Å²) in [6.45, 7) is 3.26. The summed E-state index contributed by atoms with van der Waals surface area (Å²) in [7, 11) is 0. The fourth-order valence-electron chi connectivity index (χ4n) is 1.74. The Morgan fingerprint density at radius 2 is 1.37 bits per heavy atom. The molecule has 2 aliphatic rings. The normalized spacial score (nSPS) is 29.5. The molecule has 2 atom stereocenters. The van der Waals surface area contributed by atoms with E-state index in [1.807, 2.05) is 24.3 Å². The number of fused-ring (bicyclic) bond motifs is 1. The summed E-state index contributed by atoms with van der Waals surface area (Å²) in [5.41, 5.74) is 0. The molecule has 5 nitrogen and oxygen atoms in total. The van der Waals surface area contributed by atoms with Crippen LogP contribution < -0.4 is 0 Å². The molecule has 5 heteroatoms. The molecule has 0 aromatic rings. The Balaban J connectivity index is 1.84. The molecular weight excluding hydrogens is 248 g/mol. The average Bonchev–Trinajstić information content (AvgIpc) is 2.45. The highest BCUT2D eigenvalue weighted by atomic mass is 16.6. The van der Waals surface area contributed by atoms with Gasteiger partial charge < -0.3 is 23.7 Å². The van der Waals surface area contributed by atoms with Gasteiger partial charge in [-0.25, -0.2) is 0 Å². The minimum absolute atomic E-state index is 0.0976. The fourth-order valence-corrected chi connectivity index (χ4v) is 1.74. The summed E-state index contributed by atoms with van der Waals surface area (Å²) >= 11 is 0. The average molecular weight is 268 g/mol. The van der Waals surface area contributed by atoms with Crippen molar-refractivity contribution in [2.24, 2.45) is 0 Å². The van der Waals surface area contributed by atoms with Crippen LogP contribution in [0, 0.1) is 0 Å². The van der Waals surface area contributed by atoms with Gasteiger partial charge in [-0.1, -0.05) is 18.2 Å². The highest BCUT2D eigenvalue weighted by Crippen LogP contribution is 2.13. The smallest absolute Gasteiger partial charge is 0.146 e. The van der Waals surface area contributed by atoms with Crippen molar-refractivity contribution in [2.45, 2.75) is 12.2 Å². The maximum atomic E-state index is 5.72. The Kier molecular flexibility index (Phi) is 6.49. The molecule has 0 aromatic carbocycles. The van der Waals surface area contributed by atoms with Crippen molar-refractivity contribution in [1.29, 1.82) is 0 Å². The topological polar surface area (TPSA) is 46.2 Å².